The predicted octanol–water partition coefficient (Wildman–Crippen LogP) is 3.27. The normalized spacial score (nSPS) is 10.1. The number of halogens is 1. The molecule has 0 saturated carbocycles. The molecule has 0 spiro atoms. The topological polar surface area (TPSA) is 3.24 Å². The van der Waals surface area contributed by atoms with Crippen LogP contribution in [0.1, 0.15) is 18.9 Å². The molecule has 0 atom stereocenters. The molecule has 13 heavy (non-hydrogen) atoms. The minimum absolute atomic E-state index is 0.591. The Bertz CT molecular complexity index is 260. The Morgan fingerprint density at radius 1 is 1.38 bits per heavy atom. The molecule has 0 aromatic heterocycles. The summed E-state index contributed by atoms with van der Waals surface area (Å²) in [6.07, 6.45) is 1.17. The standard InChI is InChI=1S/C11H16ClN/c1-3-7-13(2)11-6-4-5-10(8-11)9-12/h4-6,8H,3,7,9H2,1-2H3. The fraction of sp³-hybridized carbons (Fsp3) is 0.455. The highest BCUT2D eigenvalue weighted by atomic mass is 35.5. The highest BCUT2D eigenvalue weighted by Gasteiger charge is 1.99. The van der Waals surface area contributed by atoms with Gasteiger partial charge in [-0.25, -0.2) is 0 Å². The van der Waals surface area contributed by atoms with Gasteiger partial charge in [0.2, 0.25) is 0 Å². The van der Waals surface area contributed by atoms with Crippen LogP contribution in [0.5, 0.6) is 0 Å². The molecule has 1 nitrogen and oxygen atoms in total. The molecule has 0 fully saturated rings. The molecule has 0 aliphatic heterocycles. The summed E-state index contributed by atoms with van der Waals surface area (Å²) < 4.78 is 0. The number of alkyl halides is 1. The van der Waals surface area contributed by atoms with Gasteiger partial charge in [0.1, 0.15) is 0 Å². The SMILES string of the molecule is CCCN(C)c1cccc(CCl)c1. The van der Waals surface area contributed by atoms with Crippen molar-refractivity contribution in [3.05, 3.63) is 29.8 Å². The number of anilines is 1. The van der Waals surface area contributed by atoms with Crippen LogP contribution < -0.4 is 4.90 Å². The summed E-state index contributed by atoms with van der Waals surface area (Å²) in [5, 5.41) is 0. The third kappa shape index (κ3) is 2.92. The summed E-state index contributed by atoms with van der Waals surface area (Å²) in [4.78, 5) is 2.25. The van der Waals surface area contributed by atoms with Crippen LogP contribution in [0.4, 0.5) is 5.69 Å². The molecule has 0 bridgehead atoms. The molecule has 0 aliphatic rings. The molecule has 2 heteroatoms. The van der Waals surface area contributed by atoms with E-state index in [4.69, 9.17) is 11.6 Å². The van der Waals surface area contributed by atoms with Crippen molar-refractivity contribution in [1.29, 1.82) is 0 Å². The first-order valence-corrected chi connectivity index (χ1v) is 5.17. The summed E-state index contributed by atoms with van der Waals surface area (Å²) in [7, 11) is 2.11. The highest BCUT2D eigenvalue weighted by molar-refractivity contribution is 6.17. The van der Waals surface area contributed by atoms with Crippen molar-refractivity contribution in [2.24, 2.45) is 0 Å². The zero-order chi connectivity index (χ0) is 9.68. The predicted molar refractivity (Wildman–Crippen MR) is 59.6 cm³/mol. The quantitative estimate of drug-likeness (QED) is 0.670. The second-order valence-corrected chi connectivity index (χ2v) is 3.49. The second kappa shape index (κ2) is 5.13. The van der Waals surface area contributed by atoms with E-state index >= 15 is 0 Å². The molecule has 0 heterocycles. The van der Waals surface area contributed by atoms with Gasteiger partial charge < -0.3 is 4.90 Å². The van der Waals surface area contributed by atoms with Gasteiger partial charge in [-0.15, -0.1) is 11.6 Å². The molecule has 72 valence electrons. The Kier molecular flexibility index (Phi) is 4.10. The molecule has 1 rings (SSSR count). The van der Waals surface area contributed by atoms with E-state index in [1.807, 2.05) is 0 Å². The number of hydrogen-bond acceptors (Lipinski definition) is 1. The Hall–Kier alpha value is -0.690. The average molecular weight is 198 g/mol. The van der Waals surface area contributed by atoms with Crippen LogP contribution >= 0.6 is 11.6 Å². The van der Waals surface area contributed by atoms with E-state index in [2.05, 4.69) is 43.1 Å². The highest BCUT2D eigenvalue weighted by Crippen LogP contribution is 2.16. The number of rotatable bonds is 4. The van der Waals surface area contributed by atoms with E-state index in [9.17, 15) is 0 Å². The van der Waals surface area contributed by atoms with Gasteiger partial charge in [-0.1, -0.05) is 19.1 Å². The zero-order valence-electron chi connectivity index (χ0n) is 8.26. The van der Waals surface area contributed by atoms with Gasteiger partial charge in [0.15, 0.2) is 0 Å². The van der Waals surface area contributed by atoms with Crippen LogP contribution in [0, 0.1) is 0 Å². The third-order valence-corrected chi connectivity index (χ3v) is 2.37. The lowest BCUT2D eigenvalue weighted by Crippen LogP contribution is -2.17. The van der Waals surface area contributed by atoms with Crippen LogP contribution in [0.25, 0.3) is 0 Å². The van der Waals surface area contributed by atoms with Crippen LogP contribution in [-0.4, -0.2) is 13.6 Å². The van der Waals surface area contributed by atoms with E-state index in [1.54, 1.807) is 0 Å². The number of benzene rings is 1. The van der Waals surface area contributed by atoms with E-state index in [-0.39, 0.29) is 0 Å². The van der Waals surface area contributed by atoms with Gasteiger partial charge in [0.25, 0.3) is 0 Å². The van der Waals surface area contributed by atoms with Gasteiger partial charge in [-0.3, -0.25) is 0 Å². The smallest absolute Gasteiger partial charge is 0.0474 e. The summed E-state index contributed by atoms with van der Waals surface area (Å²) >= 11 is 5.76. The number of nitrogens with zero attached hydrogens (tertiary/aromatic N) is 1. The summed E-state index contributed by atoms with van der Waals surface area (Å²) in [6.45, 7) is 3.27. The molecule has 0 N–H and O–H groups in total. The van der Waals surface area contributed by atoms with Crippen molar-refractivity contribution in [3.8, 4) is 0 Å². The molecule has 0 aliphatic carbocycles. The van der Waals surface area contributed by atoms with Crippen molar-refractivity contribution < 1.29 is 0 Å². The van der Waals surface area contributed by atoms with Crippen molar-refractivity contribution in [1.82, 2.24) is 0 Å². The van der Waals surface area contributed by atoms with Crippen LogP contribution in [0.3, 0.4) is 0 Å². The van der Waals surface area contributed by atoms with Crippen molar-refractivity contribution in [2.75, 3.05) is 18.5 Å². The lowest BCUT2D eigenvalue weighted by molar-refractivity contribution is 0.851. The Morgan fingerprint density at radius 3 is 2.77 bits per heavy atom. The molecule has 1 aromatic rings. The molecule has 0 radical (unpaired) electrons. The van der Waals surface area contributed by atoms with Crippen molar-refractivity contribution >= 4 is 17.3 Å². The molecular formula is C11H16ClN. The average Bonchev–Trinajstić information content (AvgIpc) is 2.18. The second-order valence-electron chi connectivity index (χ2n) is 3.23. The van der Waals surface area contributed by atoms with E-state index < -0.39 is 0 Å². The number of hydrogen-bond donors (Lipinski definition) is 0. The Balaban J connectivity index is 2.75. The lowest BCUT2D eigenvalue weighted by atomic mass is 10.2. The lowest BCUT2D eigenvalue weighted by Gasteiger charge is -2.18. The third-order valence-electron chi connectivity index (χ3n) is 2.06. The first-order chi connectivity index (χ1) is 6.27. The largest absolute Gasteiger partial charge is 0.375 e. The van der Waals surface area contributed by atoms with Crippen molar-refractivity contribution in [2.45, 2.75) is 19.2 Å². The molecule has 0 saturated heterocycles. The zero-order valence-corrected chi connectivity index (χ0v) is 9.01. The molecule has 0 unspecified atom stereocenters. The summed E-state index contributed by atoms with van der Waals surface area (Å²) in [6, 6.07) is 8.36. The van der Waals surface area contributed by atoms with Gasteiger partial charge >= 0.3 is 0 Å². The first-order valence-electron chi connectivity index (χ1n) is 4.64. The van der Waals surface area contributed by atoms with E-state index in [0.29, 0.717) is 5.88 Å². The Morgan fingerprint density at radius 2 is 2.15 bits per heavy atom. The maximum absolute atomic E-state index is 5.76. The van der Waals surface area contributed by atoms with Gasteiger partial charge in [0, 0.05) is 25.2 Å². The summed E-state index contributed by atoms with van der Waals surface area (Å²) in [5.74, 6) is 0.591. The summed E-state index contributed by atoms with van der Waals surface area (Å²) in [5.41, 5.74) is 2.43. The van der Waals surface area contributed by atoms with Crippen LogP contribution in [-0.2, 0) is 5.88 Å². The Labute approximate surface area is 85.3 Å². The van der Waals surface area contributed by atoms with Crippen LogP contribution in [0.2, 0.25) is 0 Å². The van der Waals surface area contributed by atoms with E-state index in [1.165, 1.54) is 17.7 Å². The molecular weight excluding hydrogens is 182 g/mol. The first kappa shape index (κ1) is 10.4. The van der Waals surface area contributed by atoms with Crippen molar-refractivity contribution in [3.63, 3.8) is 0 Å². The van der Waals surface area contributed by atoms with Gasteiger partial charge in [-0.2, -0.15) is 0 Å². The van der Waals surface area contributed by atoms with Gasteiger partial charge in [0.05, 0.1) is 0 Å². The van der Waals surface area contributed by atoms with E-state index in [0.717, 1.165) is 6.54 Å². The minimum atomic E-state index is 0.591. The van der Waals surface area contributed by atoms with Gasteiger partial charge in [-0.05, 0) is 24.1 Å². The fourth-order valence-electron chi connectivity index (χ4n) is 1.34. The molecule has 1 aromatic carbocycles. The van der Waals surface area contributed by atoms with Crippen LogP contribution in [0.15, 0.2) is 24.3 Å². The maximum Gasteiger partial charge on any atom is 0.0474 e. The maximum atomic E-state index is 5.76. The fourth-order valence-corrected chi connectivity index (χ4v) is 1.51. The monoisotopic (exact) mass is 197 g/mol. The minimum Gasteiger partial charge on any atom is -0.375 e. The molecule has 0 amide bonds.